The molecule has 0 aliphatic rings. The minimum atomic E-state index is -4.77. The van der Waals surface area contributed by atoms with Gasteiger partial charge in [-0.2, -0.15) is 0 Å². The maximum absolute atomic E-state index is 12.1. The first kappa shape index (κ1) is 27.3. The number of anilines is 1. The molecule has 0 unspecified atom stereocenters. The SMILES string of the molecule is CC(C)(C)C(=O)C[n+]1cnn(CC(=O)c2ccccc2)c1.Nc1ccc([N+](=O)[O-])cc1S(=O)(=O)[O-]. The van der Waals surface area contributed by atoms with Crippen molar-refractivity contribution >= 4 is 33.1 Å². The highest BCUT2D eigenvalue weighted by Crippen LogP contribution is 2.23. The fourth-order valence-corrected chi connectivity index (χ4v) is 3.27. The van der Waals surface area contributed by atoms with Gasteiger partial charge in [-0.1, -0.05) is 51.1 Å². The van der Waals surface area contributed by atoms with Gasteiger partial charge in [-0.05, 0) is 6.07 Å². The first-order valence-electron chi connectivity index (χ1n) is 10.2. The van der Waals surface area contributed by atoms with Crippen LogP contribution in [0.5, 0.6) is 0 Å². The summed E-state index contributed by atoms with van der Waals surface area (Å²) in [4.78, 5) is 32.7. The maximum atomic E-state index is 12.1. The van der Waals surface area contributed by atoms with E-state index in [4.69, 9.17) is 5.73 Å². The lowest BCUT2D eigenvalue weighted by Crippen LogP contribution is -2.40. The zero-order valence-corrected chi connectivity index (χ0v) is 20.1. The third-order valence-corrected chi connectivity index (χ3v) is 5.56. The summed E-state index contributed by atoms with van der Waals surface area (Å²) >= 11 is 0. The second-order valence-electron chi connectivity index (χ2n) is 8.51. The second kappa shape index (κ2) is 11.0. The molecule has 0 radical (unpaired) electrons. The number of ketones is 2. The molecule has 13 heteroatoms. The van der Waals surface area contributed by atoms with E-state index in [0.29, 0.717) is 11.6 Å². The molecule has 2 aromatic carbocycles. The van der Waals surface area contributed by atoms with Gasteiger partial charge in [0.15, 0.2) is 18.1 Å². The molecule has 0 aliphatic carbocycles. The van der Waals surface area contributed by atoms with Gasteiger partial charge in [-0.3, -0.25) is 19.7 Å². The van der Waals surface area contributed by atoms with E-state index in [1.54, 1.807) is 34.0 Å². The average Bonchev–Trinajstić information content (AvgIpc) is 3.20. The summed E-state index contributed by atoms with van der Waals surface area (Å²) in [5.41, 5.74) is 4.66. The van der Waals surface area contributed by atoms with Gasteiger partial charge in [0.05, 0.1) is 9.82 Å². The maximum Gasteiger partial charge on any atom is 0.270 e. The highest BCUT2D eigenvalue weighted by atomic mass is 32.2. The molecule has 0 saturated heterocycles. The summed E-state index contributed by atoms with van der Waals surface area (Å²) in [7, 11) is -4.77. The number of hydrogen-bond acceptors (Lipinski definition) is 9. The highest BCUT2D eigenvalue weighted by Gasteiger charge is 2.23. The minimum absolute atomic E-state index is 0.00648. The lowest BCUT2D eigenvalue weighted by atomic mass is 9.91. The Bertz CT molecular complexity index is 1330. The molecule has 12 nitrogen and oxygen atoms in total. The Morgan fingerprint density at radius 2 is 1.77 bits per heavy atom. The number of nitro groups is 1. The molecule has 1 heterocycles. The van der Waals surface area contributed by atoms with Gasteiger partial charge in [0.25, 0.3) is 12.0 Å². The first-order chi connectivity index (χ1) is 16.2. The monoisotopic (exact) mass is 503 g/mol. The molecule has 1 aromatic heterocycles. The zero-order chi connectivity index (χ0) is 26.4. The van der Waals surface area contributed by atoms with E-state index < -0.39 is 25.6 Å². The Morgan fingerprint density at radius 1 is 1.14 bits per heavy atom. The van der Waals surface area contributed by atoms with Crippen LogP contribution < -0.4 is 10.3 Å². The average molecular weight is 504 g/mol. The molecule has 0 amide bonds. The van der Waals surface area contributed by atoms with E-state index in [-0.39, 0.29) is 35.8 Å². The highest BCUT2D eigenvalue weighted by molar-refractivity contribution is 7.86. The van der Waals surface area contributed by atoms with Crippen LogP contribution in [0.4, 0.5) is 11.4 Å². The molecule has 35 heavy (non-hydrogen) atoms. The van der Waals surface area contributed by atoms with Gasteiger partial charge in [0.1, 0.15) is 16.7 Å². The van der Waals surface area contributed by atoms with Crippen LogP contribution in [0.1, 0.15) is 31.1 Å². The molecule has 0 saturated carbocycles. The Kier molecular flexibility index (Phi) is 8.55. The van der Waals surface area contributed by atoms with Gasteiger partial charge >= 0.3 is 0 Å². The molecular formula is C22H25N5O7S. The molecule has 0 aliphatic heterocycles. The number of hydrogen-bond donors (Lipinski definition) is 1. The van der Waals surface area contributed by atoms with Gasteiger partial charge in [0, 0.05) is 33.9 Å². The van der Waals surface area contributed by atoms with Crippen molar-refractivity contribution in [2.45, 2.75) is 38.8 Å². The summed E-state index contributed by atoms with van der Waals surface area (Å²) in [6, 6.07) is 11.8. The van der Waals surface area contributed by atoms with E-state index >= 15 is 0 Å². The number of Topliss-reactive ketones (excluding diaryl/α,β-unsaturated/α-hetero) is 2. The van der Waals surface area contributed by atoms with E-state index in [1.165, 1.54) is 0 Å². The summed E-state index contributed by atoms with van der Waals surface area (Å²) in [6.07, 6.45) is 3.26. The van der Waals surface area contributed by atoms with Gasteiger partial charge in [-0.25, -0.2) is 13.0 Å². The molecule has 3 rings (SSSR count). The van der Waals surface area contributed by atoms with Crippen molar-refractivity contribution in [3.8, 4) is 0 Å². The van der Waals surface area contributed by atoms with Crippen molar-refractivity contribution in [1.29, 1.82) is 0 Å². The Hall–Kier alpha value is -3.97. The van der Waals surface area contributed by atoms with Crippen LogP contribution in [0.25, 0.3) is 0 Å². The van der Waals surface area contributed by atoms with E-state index in [2.05, 4.69) is 5.10 Å². The fraction of sp³-hybridized carbons (Fsp3) is 0.273. The van der Waals surface area contributed by atoms with Crippen molar-refractivity contribution in [1.82, 2.24) is 9.78 Å². The number of non-ortho nitro benzene ring substituents is 1. The lowest BCUT2D eigenvalue weighted by Gasteiger charge is -2.14. The van der Waals surface area contributed by atoms with E-state index in [9.17, 15) is 32.7 Å². The third kappa shape index (κ3) is 8.08. The number of carbonyl (C=O) groups excluding carboxylic acids is 2. The van der Waals surface area contributed by atoms with Crippen molar-refractivity contribution in [2.75, 3.05) is 5.73 Å². The molecule has 2 N–H and O–H groups in total. The lowest BCUT2D eigenvalue weighted by molar-refractivity contribution is -0.685. The molecule has 0 atom stereocenters. The number of nitrogens with zero attached hydrogens (tertiary/aromatic N) is 4. The van der Waals surface area contributed by atoms with Gasteiger partial charge in [-0.15, -0.1) is 4.68 Å². The Morgan fingerprint density at radius 3 is 2.31 bits per heavy atom. The Balaban J connectivity index is 0.000000269. The van der Waals surface area contributed by atoms with Crippen LogP contribution in [0, 0.1) is 15.5 Å². The van der Waals surface area contributed by atoms with Crippen LogP contribution in [0.15, 0.2) is 66.1 Å². The molecule has 186 valence electrons. The summed E-state index contributed by atoms with van der Waals surface area (Å²) < 4.78 is 35.0. The number of aromatic nitrogens is 3. The number of rotatable bonds is 7. The summed E-state index contributed by atoms with van der Waals surface area (Å²) in [5.74, 6) is 0.120. The molecular weight excluding hydrogens is 478 g/mol. The van der Waals surface area contributed by atoms with Gasteiger partial charge in [0.2, 0.25) is 6.33 Å². The molecule has 0 spiro atoms. The van der Waals surface area contributed by atoms with E-state index in [1.807, 2.05) is 39.0 Å². The van der Waals surface area contributed by atoms with Crippen LogP contribution in [0.3, 0.4) is 0 Å². The third-order valence-electron chi connectivity index (χ3n) is 4.67. The number of benzene rings is 2. The number of carbonyl (C=O) groups is 2. The fourth-order valence-electron chi connectivity index (χ4n) is 2.65. The second-order valence-corrected chi connectivity index (χ2v) is 9.86. The van der Waals surface area contributed by atoms with Crippen molar-refractivity contribution in [3.63, 3.8) is 0 Å². The molecule has 0 fully saturated rings. The van der Waals surface area contributed by atoms with Crippen molar-refractivity contribution in [3.05, 3.63) is 76.9 Å². The van der Waals surface area contributed by atoms with Crippen LogP contribution in [-0.2, 0) is 28.0 Å². The topological polar surface area (TPSA) is 182 Å². The van der Waals surface area contributed by atoms with Crippen molar-refractivity contribution in [2.24, 2.45) is 5.41 Å². The molecule has 3 aromatic rings. The largest absolute Gasteiger partial charge is 0.744 e. The predicted molar refractivity (Wildman–Crippen MR) is 123 cm³/mol. The van der Waals surface area contributed by atoms with Crippen LogP contribution >= 0.6 is 0 Å². The smallest absolute Gasteiger partial charge is 0.270 e. The van der Waals surface area contributed by atoms with Crippen molar-refractivity contribution < 1.29 is 32.1 Å². The minimum Gasteiger partial charge on any atom is -0.744 e. The standard InChI is InChI=1S/C16H20N3O2.C6H6N2O5S/c1-16(2,3)15(21)10-18-11-17-19(12-18)9-14(20)13-7-5-4-6-8-13;7-5-2-1-4(8(9)10)3-6(5)14(11,12)13/h4-8,11-12H,9-10H2,1-3H3;1-3H,7H2,(H,11,12,13)/q+1;/p-1. The Labute approximate surface area is 201 Å². The zero-order valence-electron chi connectivity index (χ0n) is 19.3. The number of nitrogen functional groups attached to an aromatic ring is 1. The van der Waals surface area contributed by atoms with Gasteiger partial charge < -0.3 is 10.3 Å². The van der Waals surface area contributed by atoms with Crippen LogP contribution in [0.2, 0.25) is 0 Å². The van der Waals surface area contributed by atoms with Crippen LogP contribution in [-0.4, -0.2) is 39.2 Å². The first-order valence-corrected chi connectivity index (χ1v) is 11.6. The number of nitro benzene ring substituents is 1. The predicted octanol–water partition coefficient (Wildman–Crippen LogP) is 1.75. The quantitative estimate of drug-likeness (QED) is 0.125. The normalized spacial score (nSPS) is 11.3. The molecule has 0 bridgehead atoms. The van der Waals surface area contributed by atoms with E-state index in [0.717, 1.165) is 12.1 Å². The summed E-state index contributed by atoms with van der Waals surface area (Å²) in [5, 5.41) is 14.4. The summed E-state index contributed by atoms with van der Waals surface area (Å²) in [6.45, 7) is 6.10. The number of nitrogens with two attached hydrogens (primary N) is 1.